The Kier molecular flexibility index (Phi) is 6.91. The number of carbonyl (C=O) groups is 3. The average Bonchev–Trinajstić information content (AvgIpc) is 2.67. The first-order chi connectivity index (χ1) is 13.3. The normalized spacial score (nSPS) is 11.2. The molecule has 0 radical (unpaired) electrons. The molecular formula is C19H19FN2O6. The first kappa shape index (κ1) is 20.7. The van der Waals surface area contributed by atoms with Crippen molar-refractivity contribution in [2.24, 2.45) is 5.73 Å². The molecule has 0 spiro atoms. The molecule has 2 aromatic carbocycles. The number of ether oxygens (including phenoxy) is 3. The quantitative estimate of drug-likeness (QED) is 0.665. The van der Waals surface area contributed by atoms with Gasteiger partial charge in [-0.05, 0) is 37.3 Å². The largest absolute Gasteiger partial charge is 0.493 e. The Bertz CT molecular complexity index is 886. The maximum atomic E-state index is 13.6. The van der Waals surface area contributed by atoms with Gasteiger partial charge in [-0.1, -0.05) is 12.1 Å². The number of nitrogens with one attached hydrogen (secondary N) is 1. The van der Waals surface area contributed by atoms with Crippen LogP contribution in [0.4, 0.5) is 10.1 Å². The number of carbonyl (C=O) groups excluding carboxylic acids is 3. The molecule has 0 bridgehead atoms. The lowest BCUT2D eigenvalue weighted by atomic mass is 10.2. The fraction of sp³-hybridized carbons (Fsp3) is 0.211. The highest BCUT2D eigenvalue weighted by molar-refractivity contribution is 5.97. The summed E-state index contributed by atoms with van der Waals surface area (Å²) < 4.78 is 29.0. The third-order valence-corrected chi connectivity index (χ3v) is 3.55. The maximum absolute atomic E-state index is 13.6. The van der Waals surface area contributed by atoms with Crippen LogP contribution in [0, 0.1) is 5.82 Å². The van der Waals surface area contributed by atoms with Crippen molar-refractivity contribution in [1.82, 2.24) is 0 Å². The molecule has 0 heterocycles. The summed E-state index contributed by atoms with van der Waals surface area (Å²) in [7, 11) is 1.35. The van der Waals surface area contributed by atoms with E-state index < -0.39 is 29.7 Å². The van der Waals surface area contributed by atoms with Gasteiger partial charge in [0.15, 0.2) is 24.2 Å². The molecule has 0 aliphatic carbocycles. The fourth-order valence-electron chi connectivity index (χ4n) is 2.14. The molecule has 0 fully saturated rings. The van der Waals surface area contributed by atoms with Crippen LogP contribution in [0.25, 0.3) is 0 Å². The zero-order valence-corrected chi connectivity index (χ0v) is 15.2. The van der Waals surface area contributed by atoms with E-state index in [1.807, 2.05) is 0 Å². The second-order valence-electron chi connectivity index (χ2n) is 5.64. The lowest BCUT2D eigenvalue weighted by Gasteiger charge is -2.15. The highest BCUT2D eigenvalue weighted by atomic mass is 19.1. The van der Waals surface area contributed by atoms with Gasteiger partial charge in [0.25, 0.3) is 11.8 Å². The van der Waals surface area contributed by atoms with Crippen LogP contribution >= 0.6 is 0 Å². The van der Waals surface area contributed by atoms with Crippen LogP contribution in [-0.2, 0) is 14.3 Å². The van der Waals surface area contributed by atoms with Crippen molar-refractivity contribution in [2.75, 3.05) is 19.0 Å². The van der Waals surface area contributed by atoms with E-state index in [0.717, 1.165) is 0 Å². The predicted octanol–water partition coefficient (Wildman–Crippen LogP) is 1.88. The molecule has 0 aliphatic rings. The number of anilines is 1. The third-order valence-electron chi connectivity index (χ3n) is 3.55. The summed E-state index contributed by atoms with van der Waals surface area (Å²) in [5.74, 6) is -2.36. The minimum Gasteiger partial charge on any atom is -0.493 e. The van der Waals surface area contributed by atoms with Crippen LogP contribution in [0.5, 0.6) is 11.5 Å². The van der Waals surface area contributed by atoms with Crippen LogP contribution in [-0.4, -0.2) is 37.6 Å². The van der Waals surface area contributed by atoms with Gasteiger partial charge < -0.3 is 25.3 Å². The van der Waals surface area contributed by atoms with E-state index >= 15 is 0 Å². The van der Waals surface area contributed by atoms with Crippen LogP contribution in [0.3, 0.4) is 0 Å². The predicted molar refractivity (Wildman–Crippen MR) is 97.6 cm³/mol. The maximum Gasteiger partial charge on any atom is 0.339 e. The number of halogens is 1. The molecular weight excluding hydrogens is 371 g/mol. The Morgan fingerprint density at radius 2 is 1.86 bits per heavy atom. The smallest absolute Gasteiger partial charge is 0.339 e. The number of nitrogens with two attached hydrogens (primary N) is 1. The van der Waals surface area contributed by atoms with Crippen molar-refractivity contribution in [3.8, 4) is 11.5 Å². The number of benzene rings is 2. The molecule has 1 atom stereocenters. The van der Waals surface area contributed by atoms with E-state index in [9.17, 15) is 18.8 Å². The summed E-state index contributed by atoms with van der Waals surface area (Å²) in [6.07, 6.45) is -1.18. The van der Waals surface area contributed by atoms with E-state index in [1.165, 1.54) is 50.4 Å². The molecule has 0 saturated heterocycles. The lowest BCUT2D eigenvalue weighted by molar-refractivity contribution is -0.123. The molecule has 0 saturated carbocycles. The molecule has 2 aromatic rings. The van der Waals surface area contributed by atoms with E-state index in [2.05, 4.69) is 5.32 Å². The molecule has 2 rings (SSSR count). The molecule has 9 heteroatoms. The number of rotatable bonds is 8. The van der Waals surface area contributed by atoms with E-state index in [-0.39, 0.29) is 29.4 Å². The highest BCUT2D eigenvalue weighted by Crippen LogP contribution is 2.28. The molecule has 0 aliphatic heterocycles. The molecule has 148 valence electrons. The summed E-state index contributed by atoms with van der Waals surface area (Å²) in [6, 6.07) is 9.74. The summed E-state index contributed by atoms with van der Waals surface area (Å²) in [6.45, 7) is 1.00. The number of primary amides is 1. The average molecular weight is 390 g/mol. The standard InChI is InChI=1S/C19H19FN2O6/c1-11(18(24)22-14-6-4-3-5-13(14)20)28-19(25)12-7-8-15(16(9-12)26-2)27-10-17(21)23/h3-9,11H,10H2,1-2H3,(H2,21,23)(H,22,24). The Morgan fingerprint density at radius 1 is 1.14 bits per heavy atom. The van der Waals surface area contributed by atoms with Gasteiger partial charge in [-0.2, -0.15) is 0 Å². The van der Waals surface area contributed by atoms with Gasteiger partial charge in [-0.3, -0.25) is 9.59 Å². The number of methoxy groups -OCH3 is 1. The summed E-state index contributed by atoms with van der Waals surface area (Å²) >= 11 is 0. The Labute approximate surface area is 160 Å². The Hall–Kier alpha value is -3.62. The SMILES string of the molecule is COc1cc(C(=O)OC(C)C(=O)Nc2ccccc2F)ccc1OCC(N)=O. The summed E-state index contributed by atoms with van der Waals surface area (Å²) in [5, 5.41) is 2.35. The van der Waals surface area contributed by atoms with Gasteiger partial charge in [-0.15, -0.1) is 0 Å². The highest BCUT2D eigenvalue weighted by Gasteiger charge is 2.21. The molecule has 8 nitrogen and oxygen atoms in total. The van der Waals surface area contributed by atoms with Crippen LogP contribution in [0.15, 0.2) is 42.5 Å². The number of amides is 2. The van der Waals surface area contributed by atoms with Gasteiger partial charge in [0.05, 0.1) is 18.4 Å². The van der Waals surface area contributed by atoms with Crippen molar-refractivity contribution < 1.29 is 33.0 Å². The van der Waals surface area contributed by atoms with Crippen molar-refractivity contribution in [3.05, 3.63) is 53.8 Å². The number of hydrogen-bond acceptors (Lipinski definition) is 6. The van der Waals surface area contributed by atoms with Crippen molar-refractivity contribution in [1.29, 1.82) is 0 Å². The third kappa shape index (κ3) is 5.44. The number of hydrogen-bond donors (Lipinski definition) is 2. The number of para-hydroxylation sites is 1. The zero-order valence-electron chi connectivity index (χ0n) is 15.2. The van der Waals surface area contributed by atoms with Gasteiger partial charge >= 0.3 is 5.97 Å². The van der Waals surface area contributed by atoms with Gasteiger partial charge in [0, 0.05) is 0 Å². The first-order valence-electron chi connectivity index (χ1n) is 8.17. The van der Waals surface area contributed by atoms with Gasteiger partial charge in [0.1, 0.15) is 5.82 Å². The molecule has 1 unspecified atom stereocenters. The van der Waals surface area contributed by atoms with Gasteiger partial charge in [-0.25, -0.2) is 9.18 Å². The minimum absolute atomic E-state index is 0.0204. The number of esters is 1. The lowest BCUT2D eigenvalue weighted by Crippen LogP contribution is -2.30. The van der Waals surface area contributed by atoms with Crippen LogP contribution < -0.4 is 20.5 Å². The van der Waals surface area contributed by atoms with Gasteiger partial charge in [0.2, 0.25) is 0 Å². The van der Waals surface area contributed by atoms with Crippen molar-refractivity contribution in [2.45, 2.75) is 13.0 Å². The summed E-state index contributed by atoms with van der Waals surface area (Å²) in [5.41, 5.74) is 5.09. The van der Waals surface area contributed by atoms with E-state index in [1.54, 1.807) is 6.07 Å². The summed E-state index contributed by atoms with van der Waals surface area (Å²) in [4.78, 5) is 35.2. The van der Waals surface area contributed by atoms with Crippen molar-refractivity contribution >= 4 is 23.5 Å². The Morgan fingerprint density at radius 3 is 2.50 bits per heavy atom. The van der Waals surface area contributed by atoms with E-state index in [0.29, 0.717) is 0 Å². The van der Waals surface area contributed by atoms with Crippen LogP contribution in [0.1, 0.15) is 17.3 Å². The fourth-order valence-corrected chi connectivity index (χ4v) is 2.14. The molecule has 3 N–H and O–H groups in total. The van der Waals surface area contributed by atoms with Crippen molar-refractivity contribution in [3.63, 3.8) is 0 Å². The minimum atomic E-state index is -1.18. The monoisotopic (exact) mass is 390 g/mol. The zero-order chi connectivity index (χ0) is 20.7. The topological polar surface area (TPSA) is 117 Å². The second-order valence-corrected chi connectivity index (χ2v) is 5.64. The molecule has 0 aromatic heterocycles. The van der Waals surface area contributed by atoms with E-state index in [4.69, 9.17) is 19.9 Å². The Balaban J connectivity index is 2.03. The molecule has 2 amide bonds. The first-order valence-corrected chi connectivity index (χ1v) is 8.17. The van der Waals surface area contributed by atoms with Crippen LogP contribution in [0.2, 0.25) is 0 Å². The second kappa shape index (κ2) is 9.36. The molecule has 28 heavy (non-hydrogen) atoms.